The van der Waals surface area contributed by atoms with Gasteiger partial charge in [0, 0.05) is 11.8 Å². The first-order chi connectivity index (χ1) is 10.9. The Morgan fingerprint density at radius 2 is 1.39 bits per heavy atom. The van der Waals surface area contributed by atoms with Gasteiger partial charge in [0.1, 0.15) is 0 Å². The average molecular weight is 301 g/mol. The van der Waals surface area contributed by atoms with Crippen LogP contribution in [0.5, 0.6) is 0 Å². The molecule has 0 aliphatic carbocycles. The summed E-state index contributed by atoms with van der Waals surface area (Å²) in [6, 6.07) is 21.6. The SMILES string of the molecule is Cc1ccc(-c2ccc(-c3ccccc3C(C)(C)C)cc2)nc1. The summed E-state index contributed by atoms with van der Waals surface area (Å²) in [4.78, 5) is 4.51. The molecule has 1 heteroatoms. The van der Waals surface area contributed by atoms with Crippen molar-refractivity contribution in [2.45, 2.75) is 33.1 Å². The van der Waals surface area contributed by atoms with Crippen LogP contribution >= 0.6 is 0 Å². The third-order valence-electron chi connectivity index (χ3n) is 4.14. The van der Waals surface area contributed by atoms with Gasteiger partial charge in [-0.2, -0.15) is 0 Å². The lowest BCUT2D eigenvalue weighted by molar-refractivity contribution is 0.592. The number of aryl methyl sites for hydroxylation is 1. The molecule has 1 nitrogen and oxygen atoms in total. The highest BCUT2D eigenvalue weighted by Crippen LogP contribution is 2.33. The van der Waals surface area contributed by atoms with Crippen LogP contribution in [0.15, 0.2) is 66.9 Å². The van der Waals surface area contributed by atoms with E-state index in [0.29, 0.717) is 0 Å². The zero-order chi connectivity index (χ0) is 16.4. The van der Waals surface area contributed by atoms with Gasteiger partial charge >= 0.3 is 0 Å². The summed E-state index contributed by atoms with van der Waals surface area (Å²) in [5, 5.41) is 0. The lowest BCUT2D eigenvalue weighted by Crippen LogP contribution is -2.12. The molecule has 0 aliphatic rings. The van der Waals surface area contributed by atoms with Crippen molar-refractivity contribution in [1.29, 1.82) is 0 Å². The third kappa shape index (κ3) is 3.34. The minimum absolute atomic E-state index is 0.133. The topological polar surface area (TPSA) is 12.9 Å². The van der Waals surface area contributed by atoms with E-state index in [2.05, 4.69) is 93.3 Å². The molecule has 1 aromatic heterocycles. The Morgan fingerprint density at radius 1 is 0.739 bits per heavy atom. The van der Waals surface area contributed by atoms with E-state index in [1.165, 1.54) is 22.3 Å². The summed E-state index contributed by atoms with van der Waals surface area (Å²) in [6.45, 7) is 8.84. The number of pyridine rings is 1. The molecule has 0 unspecified atom stereocenters. The lowest BCUT2D eigenvalue weighted by atomic mass is 9.82. The van der Waals surface area contributed by atoms with Crippen LogP contribution in [0.4, 0.5) is 0 Å². The second-order valence-electron chi connectivity index (χ2n) is 7.09. The number of aromatic nitrogens is 1. The molecule has 0 N–H and O–H groups in total. The predicted octanol–water partition coefficient (Wildman–Crippen LogP) is 6.02. The summed E-state index contributed by atoms with van der Waals surface area (Å²) in [7, 11) is 0. The summed E-state index contributed by atoms with van der Waals surface area (Å²) in [6.07, 6.45) is 1.91. The molecule has 3 aromatic rings. The van der Waals surface area contributed by atoms with Gasteiger partial charge in [-0.15, -0.1) is 0 Å². The molecule has 3 rings (SSSR count). The maximum absolute atomic E-state index is 4.51. The molecule has 0 aliphatic heterocycles. The molecule has 0 amide bonds. The number of benzene rings is 2. The third-order valence-corrected chi connectivity index (χ3v) is 4.14. The van der Waals surface area contributed by atoms with Crippen molar-refractivity contribution in [3.63, 3.8) is 0 Å². The molecule has 23 heavy (non-hydrogen) atoms. The van der Waals surface area contributed by atoms with E-state index < -0.39 is 0 Å². The van der Waals surface area contributed by atoms with E-state index in [1.54, 1.807) is 0 Å². The van der Waals surface area contributed by atoms with Gasteiger partial charge in [-0.3, -0.25) is 4.98 Å². The van der Waals surface area contributed by atoms with Crippen molar-refractivity contribution in [3.05, 3.63) is 78.0 Å². The molecule has 0 spiro atoms. The number of hydrogen-bond acceptors (Lipinski definition) is 1. The predicted molar refractivity (Wildman–Crippen MR) is 98.5 cm³/mol. The molecule has 0 bridgehead atoms. The summed E-state index contributed by atoms with van der Waals surface area (Å²) in [5.41, 5.74) is 7.43. The van der Waals surface area contributed by atoms with Crippen molar-refractivity contribution in [1.82, 2.24) is 4.98 Å². The fraction of sp³-hybridized carbons (Fsp3) is 0.227. The second kappa shape index (κ2) is 6.00. The van der Waals surface area contributed by atoms with Gasteiger partial charge in [0.2, 0.25) is 0 Å². The van der Waals surface area contributed by atoms with Crippen LogP contribution < -0.4 is 0 Å². The highest BCUT2D eigenvalue weighted by Gasteiger charge is 2.18. The Morgan fingerprint density at radius 3 is 2.00 bits per heavy atom. The van der Waals surface area contributed by atoms with Gasteiger partial charge in [0.05, 0.1) is 5.69 Å². The lowest BCUT2D eigenvalue weighted by Gasteiger charge is -2.23. The van der Waals surface area contributed by atoms with Crippen LogP contribution in [0, 0.1) is 6.92 Å². The number of nitrogens with zero attached hydrogens (tertiary/aromatic N) is 1. The highest BCUT2D eigenvalue weighted by molar-refractivity contribution is 5.72. The zero-order valence-electron chi connectivity index (χ0n) is 14.3. The molecule has 1 heterocycles. The van der Waals surface area contributed by atoms with Gasteiger partial charge in [-0.1, -0.05) is 75.4 Å². The summed E-state index contributed by atoms with van der Waals surface area (Å²) in [5.74, 6) is 0. The van der Waals surface area contributed by atoms with Gasteiger partial charge in [-0.05, 0) is 40.7 Å². The number of hydrogen-bond donors (Lipinski definition) is 0. The largest absolute Gasteiger partial charge is 0.256 e. The normalized spacial score (nSPS) is 11.5. The molecule has 0 fully saturated rings. The van der Waals surface area contributed by atoms with Crippen LogP contribution in [0.1, 0.15) is 31.9 Å². The monoisotopic (exact) mass is 301 g/mol. The minimum Gasteiger partial charge on any atom is -0.256 e. The van der Waals surface area contributed by atoms with Crippen molar-refractivity contribution in [2.24, 2.45) is 0 Å². The Kier molecular flexibility index (Phi) is 4.04. The van der Waals surface area contributed by atoms with Crippen LogP contribution in [0.25, 0.3) is 22.4 Å². The van der Waals surface area contributed by atoms with Crippen LogP contribution in [0.2, 0.25) is 0 Å². The smallest absolute Gasteiger partial charge is 0.0702 e. The Bertz CT molecular complexity index is 791. The molecule has 2 aromatic carbocycles. The second-order valence-corrected chi connectivity index (χ2v) is 7.09. The minimum atomic E-state index is 0.133. The Labute approximate surface area is 139 Å². The Hall–Kier alpha value is -2.41. The molecule has 0 radical (unpaired) electrons. The first-order valence-electron chi connectivity index (χ1n) is 8.08. The van der Waals surface area contributed by atoms with Crippen molar-refractivity contribution >= 4 is 0 Å². The van der Waals surface area contributed by atoms with E-state index in [0.717, 1.165) is 11.3 Å². The fourth-order valence-corrected chi connectivity index (χ4v) is 2.85. The van der Waals surface area contributed by atoms with Gasteiger partial charge in [0.15, 0.2) is 0 Å². The van der Waals surface area contributed by atoms with Crippen LogP contribution in [0.3, 0.4) is 0 Å². The van der Waals surface area contributed by atoms with Gasteiger partial charge in [-0.25, -0.2) is 0 Å². The molecule has 116 valence electrons. The Balaban J connectivity index is 1.99. The zero-order valence-corrected chi connectivity index (χ0v) is 14.3. The van der Waals surface area contributed by atoms with Crippen molar-refractivity contribution in [3.8, 4) is 22.4 Å². The highest BCUT2D eigenvalue weighted by atomic mass is 14.7. The van der Waals surface area contributed by atoms with Gasteiger partial charge < -0.3 is 0 Å². The van der Waals surface area contributed by atoms with Crippen LogP contribution in [-0.4, -0.2) is 4.98 Å². The average Bonchev–Trinajstić information content (AvgIpc) is 2.55. The van der Waals surface area contributed by atoms with Crippen molar-refractivity contribution < 1.29 is 0 Å². The van der Waals surface area contributed by atoms with E-state index in [4.69, 9.17) is 0 Å². The van der Waals surface area contributed by atoms with E-state index in [1.807, 2.05) is 6.20 Å². The quantitative estimate of drug-likeness (QED) is 0.564. The first kappa shape index (κ1) is 15.5. The first-order valence-corrected chi connectivity index (χ1v) is 8.08. The molecule has 0 atom stereocenters. The van der Waals surface area contributed by atoms with E-state index >= 15 is 0 Å². The molecule has 0 saturated heterocycles. The summed E-state index contributed by atoms with van der Waals surface area (Å²) >= 11 is 0. The molecule has 0 saturated carbocycles. The molecular weight excluding hydrogens is 278 g/mol. The van der Waals surface area contributed by atoms with E-state index in [-0.39, 0.29) is 5.41 Å². The van der Waals surface area contributed by atoms with Gasteiger partial charge in [0.25, 0.3) is 0 Å². The van der Waals surface area contributed by atoms with Crippen molar-refractivity contribution in [2.75, 3.05) is 0 Å². The number of rotatable bonds is 2. The maximum Gasteiger partial charge on any atom is 0.0702 e. The fourth-order valence-electron chi connectivity index (χ4n) is 2.85. The van der Waals surface area contributed by atoms with Crippen LogP contribution in [-0.2, 0) is 5.41 Å². The molecular formula is C22H23N. The van der Waals surface area contributed by atoms with E-state index in [9.17, 15) is 0 Å². The summed E-state index contributed by atoms with van der Waals surface area (Å²) < 4.78 is 0. The maximum atomic E-state index is 4.51. The standard InChI is InChI=1S/C22H23N/c1-16-9-14-21(23-15-16)18-12-10-17(11-13-18)19-7-5-6-8-20(19)22(2,3)4/h5-15H,1-4H3.